The van der Waals surface area contributed by atoms with Gasteiger partial charge in [-0.1, -0.05) is 6.07 Å². The Balaban J connectivity index is 1.39. The van der Waals surface area contributed by atoms with E-state index in [1.54, 1.807) is 0 Å². The lowest BCUT2D eigenvalue weighted by molar-refractivity contribution is 0.0904. The van der Waals surface area contributed by atoms with E-state index in [0.717, 1.165) is 31.6 Å². The van der Waals surface area contributed by atoms with Crippen molar-refractivity contribution >= 4 is 5.52 Å². The molecule has 120 valence electrons. The van der Waals surface area contributed by atoms with E-state index < -0.39 is 0 Å². The van der Waals surface area contributed by atoms with Crippen LogP contribution in [0.4, 0.5) is 0 Å². The fourth-order valence-electron chi connectivity index (χ4n) is 3.31. The van der Waals surface area contributed by atoms with Crippen LogP contribution in [0.1, 0.15) is 23.7 Å². The number of pyridine rings is 1. The highest BCUT2D eigenvalue weighted by Crippen LogP contribution is 2.33. The minimum atomic E-state index is 0.153. The van der Waals surface area contributed by atoms with Gasteiger partial charge in [-0.2, -0.15) is 10.2 Å². The van der Waals surface area contributed by atoms with Crippen molar-refractivity contribution in [2.45, 2.75) is 19.1 Å². The van der Waals surface area contributed by atoms with Crippen LogP contribution in [0, 0.1) is 5.92 Å². The zero-order valence-corrected chi connectivity index (χ0v) is 13.2. The summed E-state index contributed by atoms with van der Waals surface area (Å²) in [5.41, 5.74) is 3.56. The lowest BCUT2D eigenvalue weighted by Crippen LogP contribution is -2.24. The van der Waals surface area contributed by atoms with Gasteiger partial charge in [0.15, 0.2) is 0 Å². The van der Waals surface area contributed by atoms with Gasteiger partial charge in [0.2, 0.25) is 0 Å². The standard InChI is InChI=1S/C17H21N5O/c1-21-12-15(11-19-21)17-13(5-7-23-17)8-18-9-14-10-20-22-6-3-2-4-16(14)22/h2-4,6,10-13,17-18H,5,7-9H2,1H3/t13-,17+/m0/s1. The quantitative estimate of drug-likeness (QED) is 0.782. The second-order valence-electron chi connectivity index (χ2n) is 6.12. The highest BCUT2D eigenvalue weighted by molar-refractivity contribution is 5.53. The van der Waals surface area contributed by atoms with E-state index in [-0.39, 0.29) is 6.10 Å². The molecule has 1 aliphatic heterocycles. The largest absolute Gasteiger partial charge is 0.373 e. The Morgan fingerprint density at radius 3 is 3.13 bits per heavy atom. The van der Waals surface area contributed by atoms with Crippen LogP contribution >= 0.6 is 0 Å². The lowest BCUT2D eigenvalue weighted by Gasteiger charge is -2.17. The fraction of sp³-hybridized carbons (Fsp3) is 0.412. The predicted octanol–water partition coefficient (Wildman–Crippen LogP) is 1.94. The molecule has 0 amide bonds. The highest BCUT2D eigenvalue weighted by atomic mass is 16.5. The van der Waals surface area contributed by atoms with Crippen molar-refractivity contribution in [3.05, 3.63) is 54.1 Å². The average Bonchev–Trinajstić information content (AvgIpc) is 3.27. The molecular formula is C17H21N5O. The lowest BCUT2D eigenvalue weighted by atomic mass is 9.97. The maximum absolute atomic E-state index is 5.91. The summed E-state index contributed by atoms with van der Waals surface area (Å²) < 4.78 is 9.66. The second kappa shape index (κ2) is 6.14. The number of rotatable bonds is 5. The summed E-state index contributed by atoms with van der Waals surface area (Å²) in [4.78, 5) is 0. The van der Waals surface area contributed by atoms with Gasteiger partial charge in [-0.25, -0.2) is 4.52 Å². The molecule has 1 saturated heterocycles. The summed E-state index contributed by atoms with van der Waals surface area (Å²) in [6.07, 6.45) is 9.11. The Hall–Kier alpha value is -2.18. The van der Waals surface area contributed by atoms with Crippen LogP contribution in [0.5, 0.6) is 0 Å². The van der Waals surface area contributed by atoms with Crippen molar-refractivity contribution < 1.29 is 4.74 Å². The van der Waals surface area contributed by atoms with Gasteiger partial charge in [0.25, 0.3) is 0 Å². The van der Waals surface area contributed by atoms with Gasteiger partial charge in [-0.15, -0.1) is 0 Å². The van der Waals surface area contributed by atoms with Crippen LogP contribution in [-0.4, -0.2) is 32.5 Å². The molecule has 1 N–H and O–H groups in total. The third-order valence-electron chi connectivity index (χ3n) is 4.50. The molecule has 6 heteroatoms. The van der Waals surface area contributed by atoms with Crippen LogP contribution in [-0.2, 0) is 18.3 Å². The Morgan fingerprint density at radius 2 is 2.26 bits per heavy atom. The molecule has 23 heavy (non-hydrogen) atoms. The molecule has 0 aliphatic carbocycles. The molecule has 0 spiro atoms. The van der Waals surface area contributed by atoms with Crippen molar-refractivity contribution in [3.63, 3.8) is 0 Å². The van der Waals surface area contributed by atoms with E-state index in [9.17, 15) is 0 Å². The number of ether oxygens (including phenoxy) is 1. The van der Waals surface area contributed by atoms with Crippen molar-refractivity contribution in [1.29, 1.82) is 0 Å². The molecule has 1 aliphatic rings. The van der Waals surface area contributed by atoms with Gasteiger partial charge in [-0.05, 0) is 18.6 Å². The average molecular weight is 311 g/mol. The molecule has 4 heterocycles. The van der Waals surface area contributed by atoms with E-state index in [0.29, 0.717) is 5.92 Å². The molecule has 3 aromatic heterocycles. The number of nitrogens with zero attached hydrogens (tertiary/aromatic N) is 4. The second-order valence-corrected chi connectivity index (χ2v) is 6.12. The Morgan fingerprint density at radius 1 is 1.30 bits per heavy atom. The zero-order chi connectivity index (χ0) is 15.6. The molecule has 0 aromatic carbocycles. The van der Waals surface area contributed by atoms with Crippen LogP contribution in [0.15, 0.2) is 43.0 Å². The summed E-state index contributed by atoms with van der Waals surface area (Å²) in [7, 11) is 1.94. The Bertz CT molecular complexity index is 793. The topological polar surface area (TPSA) is 56.4 Å². The predicted molar refractivity (Wildman–Crippen MR) is 86.9 cm³/mol. The monoisotopic (exact) mass is 311 g/mol. The van der Waals surface area contributed by atoms with Crippen molar-refractivity contribution in [3.8, 4) is 0 Å². The minimum Gasteiger partial charge on any atom is -0.373 e. The molecule has 1 fully saturated rings. The van der Waals surface area contributed by atoms with E-state index in [1.807, 2.05) is 53.2 Å². The first-order valence-corrected chi connectivity index (χ1v) is 8.03. The van der Waals surface area contributed by atoms with Gasteiger partial charge in [0.05, 0.1) is 24.0 Å². The maximum Gasteiger partial charge on any atom is 0.0896 e. The molecule has 0 unspecified atom stereocenters. The SMILES string of the molecule is Cn1cc([C@@H]2OCC[C@H]2CNCc2cnn3ccccc23)cn1. The fourth-order valence-corrected chi connectivity index (χ4v) is 3.31. The zero-order valence-electron chi connectivity index (χ0n) is 13.2. The van der Waals surface area contributed by atoms with Gasteiger partial charge >= 0.3 is 0 Å². The number of aryl methyl sites for hydroxylation is 1. The van der Waals surface area contributed by atoms with Gasteiger partial charge in [-0.3, -0.25) is 4.68 Å². The number of hydrogen-bond acceptors (Lipinski definition) is 4. The van der Waals surface area contributed by atoms with Crippen molar-refractivity contribution in [2.75, 3.05) is 13.2 Å². The first kappa shape index (κ1) is 14.4. The van der Waals surface area contributed by atoms with Crippen LogP contribution in [0.25, 0.3) is 5.52 Å². The smallest absolute Gasteiger partial charge is 0.0896 e. The molecule has 0 radical (unpaired) electrons. The van der Waals surface area contributed by atoms with Crippen molar-refractivity contribution in [1.82, 2.24) is 24.7 Å². The molecule has 3 aromatic rings. The number of fused-ring (bicyclic) bond motifs is 1. The van der Waals surface area contributed by atoms with Crippen molar-refractivity contribution in [2.24, 2.45) is 13.0 Å². The first-order chi connectivity index (χ1) is 11.3. The normalized spacial score (nSPS) is 21.3. The van der Waals surface area contributed by atoms with E-state index in [1.165, 1.54) is 11.1 Å². The molecular weight excluding hydrogens is 290 g/mol. The summed E-state index contributed by atoms with van der Waals surface area (Å²) >= 11 is 0. The number of hydrogen-bond donors (Lipinski definition) is 1. The van der Waals surface area contributed by atoms with E-state index >= 15 is 0 Å². The Labute approximate surface area is 135 Å². The molecule has 6 nitrogen and oxygen atoms in total. The summed E-state index contributed by atoms with van der Waals surface area (Å²) in [6, 6.07) is 6.14. The van der Waals surface area contributed by atoms with Crippen LogP contribution in [0.3, 0.4) is 0 Å². The third kappa shape index (κ3) is 2.87. The molecule has 0 saturated carbocycles. The van der Waals surface area contributed by atoms with Crippen LogP contribution < -0.4 is 5.32 Å². The molecule has 4 rings (SSSR count). The Kier molecular flexibility index (Phi) is 3.85. The summed E-state index contributed by atoms with van der Waals surface area (Å²) in [5, 5.41) is 12.2. The van der Waals surface area contributed by atoms with Crippen LogP contribution in [0.2, 0.25) is 0 Å². The molecule has 0 bridgehead atoms. The molecule has 2 atom stereocenters. The third-order valence-corrected chi connectivity index (χ3v) is 4.50. The van der Waals surface area contributed by atoms with E-state index in [2.05, 4.69) is 21.6 Å². The number of aromatic nitrogens is 4. The van der Waals surface area contributed by atoms with Gasteiger partial charge in [0.1, 0.15) is 0 Å². The minimum absolute atomic E-state index is 0.153. The summed E-state index contributed by atoms with van der Waals surface area (Å²) in [6.45, 7) is 2.58. The maximum atomic E-state index is 5.91. The highest BCUT2D eigenvalue weighted by Gasteiger charge is 2.30. The van der Waals surface area contributed by atoms with Gasteiger partial charge in [0, 0.05) is 56.2 Å². The summed E-state index contributed by atoms with van der Waals surface area (Å²) in [5.74, 6) is 0.487. The first-order valence-electron chi connectivity index (χ1n) is 8.03. The van der Waals surface area contributed by atoms with Gasteiger partial charge < -0.3 is 10.1 Å². The van der Waals surface area contributed by atoms with E-state index in [4.69, 9.17) is 4.74 Å². The number of nitrogens with one attached hydrogen (secondary N) is 1.